The lowest BCUT2D eigenvalue weighted by molar-refractivity contribution is -0.150. The highest BCUT2D eigenvalue weighted by Gasteiger charge is 2.54. The van der Waals surface area contributed by atoms with E-state index in [1.165, 1.54) is 0 Å². The minimum absolute atomic E-state index is 0.0609. The molecule has 0 unspecified atom stereocenters. The van der Waals surface area contributed by atoms with E-state index in [4.69, 9.17) is 4.74 Å². The average Bonchev–Trinajstić information content (AvgIpc) is 3.19. The second-order valence-electron chi connectivity index (χ2n) is 7.79. The van der Waals surface area contributed by atoms with Gasteiger partial charge in [-0.15, -0.1) is 0 Å². The molecule has 0 aliphatic heterocycles. The van der Waals surface area contributed by atoms with Gasteiger partial charge in [0.2, 0.25) is 5.91 Å². The van der Waals surface area contributed by atoms with Crippen molar-refractivity contribution in [2.45, 2.75) is 46.1 Å². The normalized spacial score (nSPS) is 27.1. The molecule has 5 atom stereocenters. The fourth-order valence-electron chi connectivity index (χ4n) is 4.59. The average molecular weight is 374 g/mol. The third-order valence-electron chi connectivity index (χ3n) is 5.69. The molecule has 7 nitrogen and oxygen atoms in total. The summed E-state index contributed by atoms with van der Waals surface area (Å²) in [6, 6.07) is 5.68. The smallest absolute Gasteiger partial charge is 0.307 e. The summed E-state index contributed by atoms with van der Waals surface area (Å²) in [7, 11) is 0. The molecule has 2 aliphatic rings. The number of carbonyl (C=O) groups is 3. The van der Waals surface area contributed by atoms with E-state index in [9.17, 15) is 19.5 Å². The number of fused-ring (bicyclic) bond motifs is 2. The SMILES string of the molecule is Cc1cc(C)cc(O[C@H](C)C(=O)NNC(=O)[C@H]2[C@H]3CC[C@@H](C3)[C@H]2C(=O)O)c1. The number of carboxylic acid groups (broad SMARTS) is 1. The largest absolute Gasteiger partial charge is 0.481 e. The maximum Gasteiger partial charge on any atom is 0.307 e. The van der Waals surface area contributed by atoms with Gasteiger partial charge in [0.15, 0.2) is 6.10 Å². The van der Waals surface area contributed by atoms with Crippen LogP contribution in [0.2, 0.25) is 0 Å². The number of amides is 2. The van der Waals surface area contributed by atoms with Crippen LogP contribution in [0.15, 0.2) is 18.2 Å². The van der Waals surface area contributed by atoms with Gasteiger partial charge in [-0.3, -0.25) is 25.2 Å². The second-order valence-corrected chi connectivity index (χ2v) is 7.79. The molecule has 2 amide bonds. The van der Waals surface area contributed by atoms with Crippen molar-refractivity contribution in [3.05, 3.63) is 29.3 Å². The standard InChI is InChI=1S/C20H26N2O5/c1-10-6-11(2)8-15(7-10)27-12(3)18(23)21-22-19(24)16-13-4-5-14(9-13)17(16)20(25)26/h6-8,12-14,16-17H,4-5,9H2,1-3H3,(H,21,23)(H,22,24)(H,25,26)/t12-,13+,14+,16+,17-/m1/s1. The van der Waals surface area contributed by atoms with Crippen molar-refractivity contribution in [1.82, 2.24) is 10.9 Å². The van der Waals surface area contributed by atoms with Crippen molar-refractivity contribution in [2.75, 3.05) is 0 Å². The molecule has 1 aromatic carbocycles. The molecule has 2 bridgehead atoms. The summed E-state index contributed by atoms with van der Waals surface area (Å²) >= 11 is 0. The van der Waals surface area contributed by atoms with Crippen LogP contribution in [0, 0.1) is 37.5 Å². The predicted molar refractivity (Wildman–Crippen MR) is 97.7 cm³/mol. The van der Waals surface area contributed by atoms with Crippen molar-refractivity contribution >= 4 is 17.8 Å². The van der Waals surface area contributed by atoms with E-state index in [0.717, 1.165) is 30.4 Å². The molecule has 1 aromatic rings. The first kappa shape index (κ1) is 19.2. The van der Waals surface area contributed by atoms with Crippen LogP contribution in [-0.4, -0.2) is 29.0 Å². The maximum absolute atomic E-state index is 12.5. The van der Waals surface area contributed by atoms with E-state index in [2.05, 4.69) is 10.9 Å². The number of hydrazine groups is 1. The Balaban J connectivity index is 1.55. The molecule has 3 N–H and O–H groups in total. The number of hydrogen-bond acceptors (Lipinski definition) is 4. The minimum atomic E-state index is -0.930. The van der Waals surface area contributed by atoms with Crippen LogP contribution in [0.25, 0.3) is 0 Å². The Morgan fingerprint density at radius 2 is 1.63 bits per heavy atom. The van der Waals surface area contributed by atoms with Crippen molar-refractivity contribution in [3.8, 4) is 5.75 Å². The van der Waals surface area contributed by atoms with Gasteiger partial charge in [0.1, 0.15) is 5.75 Å². The van der Waals surface area contributed by atoms with Crippen LogP contribution in [0.4, 0.5) is 0 Å². The number of ether oxygens (including phenoxy) is 1. The lowest BCUT2D eigenvalue weighted by Gasteiger charge is -2.27. The first-order valence-corrected chi connectivity index (χ1v) is 9.33. The molecule has 2 saturated carbocycles. The van der Waals surface area contributed by atoms with Gasteiger partial charge in [0, 0.05) is 0 Å². The minimum Gasteiger partial charge on any atom is -0.481 e. The molecular weight excluding hydrogens is 348 g/mol. The van der Waals surface area contributed by atoms with Crippen molar-refractivity contribution in [1.29, 1.82) is 0 Å². The second kappa shape index (κ2) is 7.58. The highest BCUT2D eigenvalue weighted by molar-refractivity contribution is 5.89. The van der Waals surface area contributed by atoms with E-state index in [1.54, 1.807) is 6.92 Å². The summed E-state index contributed by atoms with van der Waals surface area (Å²) < 4.78 is 5.65. The number of hydrogen-bond donors (Lipinski definition) is 3. The Labute approximate surface area is 158 Å². The zero-order valence-electron chi connectivity index (χ0n) is 15.8. The summed E-state index contributed by atoms with van der Waals surface area (Å²) in [5.74, 6) is -2.37. The van der Waals surface area contributed by atoms with Gasteiger partial charge in [-0.1, -0.05) is 6.07 Å². The van der Waals surface area contributed by atoms with Crippen LogP contribution in [0.3, 0.4) is 0 Å². The molecule has 0 spiro atoms. The fraction of sp³-hybridized carbons (Fsp3) is 0.550. The highest BCUT2D eigenvalue weighted by atomic mass is 16.5. The van der Waals surface area contributed by atoms with Gasteiger partial charge in [0.25, 0.3) is 5.91 Å². The van der Waals surface area contributed by atoms with Crippen LogP contribution < -0.4 is 15.6 Å². The molecule has 0 heterocycles. The third-order valence-corrected chi connectivity index (χ3v) is 5.69. The number of carboxylic acids is 1. The Morgan fingerprint density at radius 3 is 2.22 bits per heavy atom. The lowest BCUT2D eigenvalue weighted by atomic mass is 9.79. The van der Waals surface area contributed by atoms with Gasteiger partial charge < -0.3 is 9.84 Å². The summed E-state index contributed by atoms with van der Waals surface area (Å²) in [5.41, 5.74) is 6.83. The van der Waals surface area contributed by atoms with Crippen molar-refractivity contribution in [2.24, 2.45) is 23.7 Å². The summed E-state index contributed by atoms with van der Waals surface area (Å²) in [6.45, 7) is 5.48. The molecule has 2 fully saturated rings. The van der Waals surface area contributed by atoms with Gasteiger partial charge in [-0.2, -0.15) is 0 Å². The van der Waals surface area contributed by atoms with Gasteiger partial charge >= 0.3 is 5.97 Å². The predicted octanol–water partition coefficient (Wildman–Crippen LogP) is 1.97. The molecule has 0 radical (unpaired) electrons. The number of nitrogens with one attached hydrogen (secondary N) is 2. The number of aryl methyl sites for hydroxylation is 2. The monoisotopic (exact) mass is 374 g/mol. The Hall–Kier alpha value is -2.57. The van der Waals surface area contributed by atoms with Gasteiger partial charge in [0.05, 0.1) is 11.8 Å². The Kier molecular flexibility index (Phi) is 5.39. The number of benzene rings is 1. The Bertz CT molecular complexity index is 742. The van der Waals surface area contributed by atoms with Crippen LogP contribution in [0.5, 0.6) is 5.75 Å². The number of carbonyl (C=O) groups excluding carboxylic acids is 2. The van der Waals surface area contributed by atoms with E-state index < -0.39 is 35.7 Å². The molecular formula is C20H26N2O5. The number of rotatable bonds is 5. The summed E-state index contributed by atoms with van der Waals surface area (Å²) in [6.07, 6.45) is 1.70. The topological polar surface area (TPSA) is 105 Å². The van der Waals surface area contributed by atoms with Crippen LogP contribution >= 0.6 is 0 Å². The van der Waals surface area contributed by atoms with E-state index in [0.29, 0.717) is 5.75 Å². The fourth-order valence-corrected chi connectivity index (χ4v) is 4.59. The number of aliphatic carboxylic acids is 1. The maximum atomic E-state index is 12.5. The van der Waals surface area contributed by atoms with E-state index in [1.807, 2.05) is 32.0 Å². The Morgan fingerprint density at radius 1 is 1.04 bits per heavy atom. The van der Waals surface area contributed by atoms with Gasteiger partial charge in [-0.25, -0.2) is 0 Å². The summed E-state index contributed by atoms with van der Waals surface area (Å²) in [4.78, 5) is 36.3. The zero-order valence-corrected chi connectivity index (χ0v) is 15.8. The van der Waals surface area contributed by atoms with Crippen molar-refractivity contribution in [3.63, 3.8) is 0 Å². The lowest BCUT2D eigenvalue weighted by Crippen LogP contribution is -2.51. The molecule has 0 aromatic heterocycles. The van der Waals surface area contributed by atoms with Crippen LogP contribution in [0.1, 0.15) is 37.3 Å². The van der Waals surface area contributed by atoms with Crippen LogP contribution in [-0.2, 0) is 14.4 Å². The quantitative estimate of drug-likeness (QED) is 0.684. The van der Waals surface area contributed by atoms with E-state index in [-0.39, 0.29) is 11.8 Å². The molecule has 146 valence electrons. The third kappa shape index (κ3) is 4.07. The molecule has 2 aliphatic carbocycles. The van der Waals surface area contributed by atoms with Gasteiger partial charge in [-0.05, 0) is 75.1 Å². The molecule has 3 rings (SSSR count). The summed E-state index contributed by atoms with van der Waals surface area (Å²) in [5, 5.41) is 9.44. The highest BCUT2D eigenvalue weighted by Crippen LogP contribution is 2.52. The molecule has 0 saturated heterocycles. The van der Waals surface area contributed by atoms with E-state index >= 15 is 0 Å². The zero-order chi connectivity index (χ0) is 19.7. The molecule has 7 heteroatoms. The first-order valence-electron chi connectivity index (χ1n) is 9.33. The first-order chi connectivity index (χ1) is 12.8. The molecule has 27 heavy (non-hydrogen) atoms. The van der Waals surface area contributed by atoms with Crippen molar-refractivity contribution < 1.29 is 24.2 Å².